The lowest BCUT2D eigenvalue weighted by molar-refractivity contribution is 0.0587. The molecule has 14 heavy (non-hydrogen) atoms. The van der Waals surface area contributed by atoms with Crippen LogP contribution in [0.3, 0.4) is 0 Å². The number of methoxy groups -OCH3 is 1. The van der Waals surface area contributed by atoms with Crippen LogP contribution >= 0.6 is 22.6 Å². The highest BCUT2D eigenvalue weighted by molar-refractivity contribution is 14.1. The van der Waals surface area contributed by atoms with Crippen molar-refractivity contribution in [2.24, 2.45) is 7.05 Å². The van der Waals surface area contributed by atoms with Gasteiger partial charge in [0.15, 0.2) is 5.69 Å². The van der Waals surface area contributed by atoms with Gasteiger partial charge in [0, 0.05) is 7.05 Å². The number of esters is 1. The Morgan fingerprint density at radius 3 is 2.50 bits per heavy atom. The molecule has 0 saturated heterocycles. The SMILES string of the molecule is COC(=O)c1c(I)c(C(C)C)nn1C. The zero-order chi connectivity index (χ0) is 10.9. The zero-order valence-electron chi connectivity index (χ0n) is 8.67. The van der Waals surface area contributed by atoms with E-state index in [1.165, 1.54) is 7.11 Å². The number of ether oxygens (including phenoxy) is 1. The van der Waals surface area contributed by atoms with Crippen LogP contribution in [-0.4, -0.2) is 22.9 Å². The van der Waals surface area contributed by atoms with Gasteiger partial charge in [0.25, 0.3) is 0 Å². The summed E-state index contributed by atoms with van der Waals surface area (Å²) in [7, 11) is 3.13. The fourth-order valence-corrected chi connectivity index (χ4v) is 2.51. The second-order valence-electron chi connectivity index (χ2n) is 3.32. The molecule has 1 aromatic heterocycles. The quantitative estimate of drug-likeness (QED) is 0.619. The first-order valence-electron chi connectivity index (χ1n) is 4.29. The van der Waals surface area contributed by atoms with E-state index in [-0.39, 0.29) is 5.97 Å². The molecule has 1 aromatic rings. The molecular weight excluding hydrogens is 295 g/mol. The molecule has 0 aliphatic carbocycles. The predicted octanol–water partition coefficient (Wildman–Crippen LogP) is 1.93. The molecule has 0 aromatic carbocycles. The molecule has 0 amide bonds. The number of nitrogens with zero attached hydrogens (tertiary/aromatic N) is 2. The minimum absolute atomic E-state index is 0.312. The molecule has 78 valence electrons. The highest BCUT2D eigenvalue weighted by Gasteiger charge is 2.21. The minimum Gasteiger partial charge on any atom is -0.464 e. The van der Waals surface area contributed by atoms with Crippen LogP contribution in [0, 0.1) is 3.57 Å². The van der Waals surface area contributed by atoms with Crippen molar-refractivity contribution in [2.75, 3.05) is 7.11 Å². The van der Waals surface area contributed by atoms with E-state index in [1.807, 2.05) is 13.8 Å². The fourth-order valence-electron chi connectivity index (χ4n) is 1.21. The van der Waals surface area contributed by atoms with Crippen molar-refractivity contribution in [1.82, 2.24) is 9.78 Å². The topological polar surface area (TPSA) is 44.1 Å². The van der Waals surface area contributed by atoms with Crippen LogP contribution in [0.15, 0.2) is 0 Å². The first kappa shape index (κ1) is 11.5. The zero-order valence-corrected chi connectivity index (χ0v) is 10.8. The molecule has 0 unspecified atom stereocenters. The monoisotopic (exact) mass is 308 g/mol. The van der Waals surface area contributed by atoms with E-state index >= 15 is 0 Å². The molecule has 0 N–H and O–H groups in total. The molecule has 1 heterocycles. The number of rotatable bonds is 2. The van der Waals surface area contributed by atoms with E-state index in [9.17, 15) is 4.79 Å². The maximum Gasteiger partial charge on any atom is 0.357 e. The molecule has 0 aliphatic rings. The minimum atomic E-state index is -0.337. The molecule has 1 rings (SSSR count). The first-order valence-corrected chi connectivity index (χ1v) is 5.37. The lowest BCUT2D eigenvalue weighted by atomic mass is 10.1. The summed E-state index contributed by atoms with van der Waals surface area (Å²) in [5.74, 6) is -0.0252. The number of aromatic nitrogens is 2. The number of aryl methyl sites for hydroxylation is 1. The van der Waals surface area contributed by atoms with Crippen molar-refractivity contribution < 1.29 is 9.53 Å². The van der Waals surface area contributed by atoms with Crippen LogP contribution in [0.5, 0.6) is 0 Å². The third kappa shape index (κ3) is 1.92. The summed E-state index contributed by atoms with van der Waals surface area (Å²) < 4.78 is 7.14. The average Bonchev–Trinajstić information content (AvgIpc) is 2.41. The summed E-state index contributed by atoms with van der Waals surface area (Å²) in [5.41, 5.74) is 1.46. The Morgan fingerprint density at radius 2 is 2.14 bits per heavy atom. The highest BCUT2D eigenvalue weighted by atomic mass is 127. The van der Waals surface area contributed by atoms with Gasteiger partial charge in [-0.25, -0.2) is 4.79 Å². The van der Waals surface area contributed by atoms with Gasteiger partial charge in [-0.15, -0.1) is 0 Å². The lowest BCUT2D eigenvalue weighted by Crippen LogP contribution is -2.09. The Hall–Kier alpha value is -0.590. The normalized spacial score (nSPS) is 10.7. The van der Waals surface area contributed by atoms with Gasteiger partial charge in [-0.1, -0.05) is 13.8 Å². The molecular formula is C9H13IN2O2. The van der Waals surface area contributed by atoms with E-state index < -0.39 is 0 Å². The van der Waals surface area contributed by atoms with E-state index in [1.54, 1.807) is 11.7 Å². The fraction of sp³-hybridized carbons (Fsp3) is 0.556. The molecule has 0 saturated carbocycles. The van der Waals surface area contributed by atoms with E-state index in [2.05, 4.69) is 32.4 Å². The van der Waals surface area contributed by atoms with Crippen molar-refractivity contribution >= 4 is 28.6 Å². The molecule has 0 fully saturated rings. The van der Waals surface area contributed by atoms with Gasteiger partial charge in [0.2, 0.25) is 0 Å². The number of carbonyl (C=O) groups excluding carboxylic acids is 1. The summed E-state index contributed by atoms with van der Waals surface area (Å²) in [4.78, 5) is 11.4. The average molecular weight is 308 g/mol. The van der Waals surface area contributed by atoms with Crippen LogP contribution in [0.25, 0.3) is 0 Å². The molecule has 0 aliphatic heterocycles. The molecule has 0 bridgehead atoms. The number of halogens is 1. The molecule has 4 nitrogen and oxygen atoms in total. The van der Waals surface area contributed by atoms with Gasteiger partial charge in [0.1, 0.15) is 0 Å². The first-order chi connectivity index (χ1) is 6.49. The van der Waals surface area contributed by atoms with Gasteiger partial charge in [0.05, 0.1) is 16.4 Å². The standard InChI is InChI=1S/C9H13IN2O2/c1-5(2)7-6(10)8(9(13)14-4)12(3)11-7/h5H,1-4H3. The summed E-state index contributed by atoms with van der Waals surface area (Å²) in [6.45, 7) is 4.09. The maximum absolute atomic E-state index is 11.4. The van der Waals surface area contributed by atoms with Gasteiger partial charge in [-0.05, 0) is 28.5 Å². The summed E-state index contributed by atoms with van der Waals surface area (Å²) in [6, 6.07) is 0. The van der Waals surface area contributed by atoms with E-state index in [4.69, 9.17) is 0 Å². The number of carbonyl (C=O) groups is 1. The van der Waals surface area contributed by atoms with Gasteiger partial charge in [-0.2, -0.15) is 5.10 Å². The van der Waals surface area contributed by atoms with Gasteiger partial charge >= 0.3 is 5.97 Å². The number of hydrogen-bond acceptors (Lipinski definition) is 3. The van der Waals surface area contributed by atoms with Crippen molar-refractivity contribution in [3.8, 4) is 0 Å². The summed E-state index contributed by atoms with van der Waals surface area (Å²) in [6.07, 6.45) is 0. The molecule has 0 spiro atoms. The van der Waals surface area contributed by atoms with Crippen molar-refractivity contribution in [2.45, 2.75) is 19.8 Å². The Morgan fingerprint density at radius 1 is 1.57 bits per heavy atom. The van der Waals surface area contributed by atoms with Crippen molar-refractivity contribution in [1.29, 1.82) is 0 Å². The lowest BCUT2D eigenvalue weighted by Gasteiger charge is -2.00. The van der Waals surface area contributed by atoms with Crippen LogP contribution in [-0.2, 0) is 11.8 Å². The molecule has 0 atom stereocenters. The third-order valence-electron chi connectivity index (χ3n) is 1.94. The second-order valence-corrected chi connectivity index (χ2v) is 4.40. The van der Waals surface area contributed by atoms with Crippen LogP contribution < -0.4 is 0 Å². The Bertz CT molecular complexity index is 358. The summed E-state index contributed by atoms with van der Waals surface area (Å²) >= 11 is 2.13. The Kier molecular flexibility index (Phi) is 3.52. The summed E-state index contributed by atoms with van der Waals surface area (Å²) in [5, 5.41) is 4.29. The Balaban J connectivity index is 3.24. The Labute approximate surface area is 96.8 Å². The van der Waals surface area contributed by atoms with Crippen molar-refractivity contribution in [3.05, 3.63) is 15.0 Å². The smallest absolute Gasteiger partial charge is 0.357 e. The van der Waals surface area contributed by atoms with Crippen LogP contribution in [0.2, 0.25) is 0 Å². The van der Waals surface area contributed by atoms with Gasteiger partial charge < -0.3 is 4.74 Å². The largest absolute Gasteiger partial charge is 0.464 e. The number of hydrogen-bond donors (Lipinski definition) is 0. The maximum atomic E-state index is 11.4. The second kappa shape index (κ2) is 4.29. The van der Waals surface area contributed by atoms with Crippen molar-refractivity contribution in [3.63, 3.8) is 0 Å². The molecule has 0 radical (unpaired) electrons. The molecule has 5 heteroatoms. The predicted molar refractivity (Wildman–Crippen MR) is 61.4 cm³/mol. The highest BCUT2D eigenvalue weighted by Crippen LogP contribution is 2.23. The third-order valence-corrected chi connectivity index (χ3v) is 3.00. The van der Waals surface area contributed by atoms with Crippen LogP contribution in [0.4, 0.5) is 0 Å². The van der Waals surface area contributed by atoms with Gasteiger partial charge in [-0.3, -0.25) is 4.68 Å². The van der Waals surface area contributed by atoms with Crippen LogP contribution in [0.1, 0.15) is 35.9 Å². The van der Waals surface area contributed by atoms with E-state index in [0.29, 0.717) is 11.6 Å². The van der Waals surface area contributed by atoms with E-state index in [0.717, 1.165) is 9.26 Å².